The lowest BCUT2D eigenvalue weighted by Gasteiger charge is -2.10. The number of nitrogens with two attached hydrogens (primary N) is 1. The van der Waals surface area contributed by atoms with Crippen molar-refractivity contribution in [2.75, 3.05) is 42.3 Å². The van der Waals surface area contributed by atoms with Crippen LogP contribution in [-0.4, -0.2) is 46.3 Å². The molecule has 0 saturated carbocycles. The van der Waals surface area contributed by atoms with Crippen molar-refractivity contribution in [3.05, 3.63) is 6.33 Å². The van der Waals surface area contributed by atoms with E-state index in [-0.39, 0.29) is 6.61 Å². The van der Waals surface area contributed by atoms with Gasteiger partial charge in [-0.25, -0.2) is 4.98 Å². The van der Waals surface area contributed by atoms with Crippen LogP contribution in [0.3, 0.4) is 0 Å². The van der Waals surface area contributed by atoms with Crippen LogP contribution in [0.1, 0.15) is 13.3 Å². The number of aromatic nitrogens is 2. The lowest BCUT2D eigenvalue weighted by Crippen LogP contribution is -2.10. The Kier molecular flexibility index (Phi) is 7.28. The number of ether oxygens (including phenoxy) is 1. The Hall–Kier alpha value is -1.21. The van der Waals surface area contributed by atoms with Gasteiger partial charge in [-0.1, -0.05) is 0 Å². The Bertz CT molecular complexity index is 352. The monoisotopic (exact) mass is 272 g/mol. The predicted octanol–water partition coefficient (Wildman–Crippen LogP) is 0.985. The van der Waals surface area contributed by atoms with Crippen molar-refractivity contribution in [3.8, 4) is 5.88 Å². The highest BCUT2D eigenvalue weighted by atomic mass is 32.2. The summed E-state index contributed by atoms with van der Waals surface area (Å²) < 4.78 is 5.29. The zero-order chi connectivity index (χ0) is 13.2. The predicted molar refractivity (Wildman–Crippen MR) is 75.1 cm³/mol. The molecular weight excluding hydrogens is 252 g/mol. The SMILES string of the molecule is CCOc1ncnc(NCCSCCCO)c1N. The summed E-state index contributed by atoms with van der Waals surface area (Å²) >= 11 is 1.78. The van der Waals surface area contributed by atoms with Crippen molar-refractivity contribution in [1.29, 1.82) is 0 Å². The number of anilines is 2. The number of nitrogens with one attached hydrogen (secondary N) is 1. The maximum Gasteiger partial charge on any atom is 0.242 e. The molecule has 18 heavy (non-hydrogen) atoms. The van der Waals surface area contributed by atoms with E-state index in [4.69, 9.17) is 15.6 Å². The topological polar surface area (TPSA) is 93.3 Å². The zero-order valence-corrected chi connectivity index (χ0v) is 11.4. The second kappa shape index (κ2) is 8.82. The van der Waals surface area contributed by atoms with E-state index in [2.05, 4.69) is 15.3 Å². The van der Waals surface area contributed by atoms with Gasteiger partial charge in [-0.3, -0.25) is 0 Å². The number of nitrogen functional groups attached to an aromatic ring is 1. The zero-order valence-electron chi connectivity index (χ0n) is 10.6. The Morgan fingerprint density at radius 3 is 3.00 bits per heavy atom. The van der Waals surface area contributed by atoms with Crippen LogP contribution >= 0.6 is 11.8 Å². The lowest BCUT2D eigenvalue weighted by atomic mass is 10.4. The molecule has 1 rings (SSSR count). The molecule has 1 heterocycles. The first-order valence-electron chi connectivity index (χ1n) is 5.95. The molecule has 6 nitrogen and oxygen atoms in total. The molecule has 0 aliphatic heterocycles. The number of aliphatic hydroxyl groups is 1. The van der Waals surface area contributed by atoms with Gasteiger partial charge in [-0.2, -0.15) is 16.7 Å². The van der Waals surface area contributed by atoms with Crippen LogP contribution in [0.5, 0.6) is 5.88 Å². The van der Waals surface area contributed by atoms with Crippen LogP contribution in [0.2, 0.25) is 0 Å². The normalized spacial score (nSPS) is 10.3. The third kappa shape index (κ3) is 4.97. The van der Waals surface area contributed by atoms with Crippen LogP contribution in [0, 0.1) is 0 Å². The average Bonchev–Trinajstić information content (AvgIpc) is 2.38. The molecule has 0 aliphatic carbocycles. The minimum absolute atomic E-state index is 0.247. The highest BCUT2D eigenvalue weighted by Gasteiger charge is 2.07. The van der Waals surface area contributed by atoms with Crippen molar-refractivity contribution < 1.29 is 9.84 Å². The first-order chi connectivity index (χ1) is 8.79. The number of hydrogen-bond acceptors (Lipinski definition) is 7. The maximum absolute atomic E-state index is 8.64. The van der Waals surface area contributed by atoms with Gasteiger partial charge in [0.25, 0.3) is 0 Å². The molecule has 7 heteroatoms. The van der Waals surface area contributed by atoms with Gasteiger partial charge >= 0.3 is 0 Å². The average molecular weight is 272 g/mol. The van der Waals surface area contributed by atoms with E-state index in [0.29, 0.717) is 24.0 Å². The van der Waals surface area contributed by atoms with Crippen molar-refractivity contribution in [3.63, 3.8) is 0 Å². The smallest absolute Gasteiger partial charge is 0.242 e. The molecule has 1 aromatic rings. The largest absolute Gasteiger partial charge is 0.476 e. The number of aliphatic hydroxyl groups excluding tert-OH is 1. The Morgan fingerprint density at radius 1 is 1.44 bits per heavy atom. The number of rotatable bonds is 9. The van der Waals surface area contributed by atoms with Gasteiger partial charge < -0.3 is 20.9 Å². The molecule has 4 N–H and O–H groups in total. The van der Waals surface area contributed by atoms with Gasteiger partial charge in [-0.15, -0.1) is 0 Å². The fourth-order valence-electron chi connectivity index (χ4n) is 1.28. The summed E-state index contributed by atoms with van der Waals surface area (Å²) in [5, 5.41) is 11.8. The van der Waals surface area contributed by atoms with E-state index in [1.807, 2.05) is 6.92 Å². The van der Waals surface area contributed by atoms with Crippen molar-refractivity contribution >= 4 is 23.3 Å². The maximum atomic E-state index is 8.64. The lowest BCUT2D eigenvalue weighted by molar-refractivity contribution is 0.296. The van der Waals surface area contributed by atoms with Crippen LogP contribution in [0.25, 0.3) is 0 Å². The van der Waals surface area contributed by atoms with E-state index in [1.165, 1.54) is 6.33 Å². The van der Waals surface area contributed by atoms with E-state index in [1.54, 1.807) is 11.8 Å². The molecule has 102 valence electrons. The van der Waals surface area contributed by atoms with Gasteiger partial charge in [0.2, 0.25) is 5.88 Å². The molecule has 0 unspecified atom stereocenters. The summed E-state index contributed by atoms with van der Waals surface area (Å²) in [6.07, 6.45) is 2.26. The first-order valence-corrected chi connectivity index (χ1v) is 7.10. The molecule has 0 spiro atoms. The van der Waals surface area contributed by atoms with Gasteiger partial charge in [0.15, 0.2) is 5.82 Å². The van der Waals surface area contributed by atoms with Crippen LogP contribution in [0.15, 0.2) is 6.33 Å². The molecule has 1 aromatic heterocycles. The van der Waals surface area contributed by atoms with E-state index >= 15 is 0 Å². The van der Waals surface area contributed by atoms with Gasteiger partial charge in [0.05, 0.1) is 6.61 Å². The van der Waals surface area contributed by atoms with Crippen LogP contribution in [0.4, 0.5) is 11.5 Å². The van der Waals surface area contributed by atoms with E-state index in [9.17, 15) is 0 Å². The second-order valence-corrected chi connectivity index (χ2v) is 4.72. The quantitative estimate of drug-likeness (QED) is 0.577. The standard InChI is InChI=1S/C11H20N4O2S/c1-2-17-11-9(12)10(14-8-15-11)13-4-7-18-6-3-5-16/h8,16H,2-7,12H2,1H3,(H,13,14,15). The van der Waals surface area contributed by atoms with Crippen molar-refractivity contribution in [2.45, 2.75) is 13.3 Å². The van der Waals surface area contributed by atoms with Gasteiger partial charge in [0, 0.05) is 18.9 Å². The fourth-order valence-corrected chi connectivity index (χ4v) is 2.07. The highest BCUT2D eigenvalue weighted by molar-refractivity contribution is 7.99. The van der Waals surface area contributed by atoms with Gasteiger partial charge in [-0.05, 0) is 19.1 Å². The molecule has 0 fully saturated rings. The van der Waals surface area contributed by atoms with Crippen molar-refractivity contribution in [2.24, 2.45) is 0 Å². The summed E-state index contributed by atoms with van der Waals surface area (Å²) in [6.45, 7) is 3.42. The van der Waals surface area contributed by atoms with Crippen molar-refractivity contribution in [1.82, 2.24) is 9.97 Å². The summed E-state index contributed by atoms with van der Waals surface area (Å²) in [5.74, 6) is 2.92. The van der Waals surface area contributed by atoms with Crippen LogP contribution in [-0.2, 0) is 0 Å². The third-order valence-corrected chi connectivity index (χ3v) is 3.18. The first kappa shape index (κ1) is 14.8. The fraction of sp³-hybridized carbons (Fsp3) is 0.636. The summed E-state index contributed by atoms with van der Waals surface area (Å²) in [6, 6.07) is 0. The Balaban J connectivity index is 2.35. The molecule has 0 aromatic carbocycles. The second-order valence-electron chi connectivity index (χ2n) is 3.49. The number of thioether (sulfide) groups is 1. The molecule has 0 bridgehead atoms. The Labute approximate surface area is 111 Å². The van der Waals surface area contributed by atoms with E-state index < -0.39 is 0 Å². The summed E-state index contributed by atoms with van der Waals surface area (Å²) in [4.78, 5) is 8.04. The molecular formula is C11H20N4O2S. The molecule has 0 aliphatic rings. The number of hydrogen-bond donors (Lipinski definition) is 3. The third-order valence-electron chi connectivity index (χ3n) is 2.11. The van der Waals surface area contributed by atoms with Gasteiger partial charge in [0.1, 0.15) is 12.0 Å². The summed E-state index contributed by atoms with van der Waals surface area (Å²) in [5.41, 5.74) is 6.32. The summed E-state index contributed by atoms with van der Waals surface area (Å²) in [7, 11) is 0. The van der Waals surface area contributed by atoms with Crippen LogP contribution < -0.4 is 15.8 Å². The molecule has 0 amide bonds. The molecule has 0 radical (unpaired) electrons. The molecule has 0 atom stereocenters. The Morgan fingerprint density at radius 2 is 2.28 bits per heavy atom. The van der Waals surface area contributed by atoms with E-state index in [0.717, 1.165) is 24.5 Å². The number of nitrogens with zero attached hydrogens (tertiary/aromatic N) is 2. The highest BCUT2D eigenvalue weighted by Crippen LogP contribution is 2.24. The molecule has 0 saturated heterocycles. The minimum atomic E-state index is 0.247. The minimum Gasteiger partial charge on any atom is -0.476 e.